The number of hydrogen-bond donors (Lipinski definition) is 1. The van der Waals surface area contributed by atoms with Gasteiger partial charge in [-0.15, -0.1) is 0 Å². The lowest BCUT2D eigenvalue weighted by molar-refractivity contribution is -0.118. The van der Waals surface area contributed by atoms with E-state index in [0.717, 1.165) is 55.5 Å². The fraction of sp³-hybridized carbons (Fsp3) is 0.188. The van der Waals surface area contributed by atoms with Crippen molar-refractivity contribution in [2.24, 2.45) is 5.41 Å². The summed E-state index contributed by atoms with van der Waals surface area (Å²) < 4.78 is 6.41. The first-order valence-corrected chi connectivity index (χ1v) is 13.4. The number of carbonyl (C=O) groups is 1. The van der Waals surface area contributed by atoms with Gasteiger partial charge in [0.1, 0.15) is 11.8 Å². The number of anilines is 1. The molecule has 5 aromatic rings. The van der Waals surface area contributed by atoms with E-state index in [4.69, 9.17) is 4.42 Å². The van der Waals surface area contributed by atoms with Crippen LogP contribution >= 0.6 is 11.8 Å². The quantitative estimate of drug-likeness (QED) is 0.268. The molecule has 7 rings (SSSR count). The molecule has 1 aliphatic carbocycles. The summed E-state index contributed by atoms with van der Waals surface area (Å²) in [6, 6.07) is 26.6. The van der Waals surface area contributed by atoms with E-state index in [-0.39, 0.29) is 17.2 Å². The summed E-state index contributed by atoms with van der Waals surface area (Å²) in [5.74, 6) is 0.959. The van der Waals surface area contributed by atoms with Gasteiger partial charge in [-0.1, -0.05) is 62.4 Å². The summed E-state index contributed by atoms with van der Waals surface area (Å²) in [6.45, 7) is 4.38. The zero-order valence-corrected chi connectivity index (χ0v) is 21.6. The largest absolute Gasteiger partial charge is 0.452 e. The van der Waals surface area contributed by atoms with Crippen LogP contribution in [0.3, 0.4) is 0 Å². The number of para-hydroxylation sites is 1. The summed E-state index contributed by atoms with van der Waals surface area (Å²) in [7, 11) is 0. The Hall–Kier alpha value is -3.83. The van der Waals surface area contributed by atoms with Crippen molar-refractivity contribution in [3.8, 4) is 0 Å². The van der Waals surface area contributed by atoms with E-state index in [1.807, 2.05) is 30.5 Å². The van der Waals surface area contributed by atoms with Gasteiger partial charge in [0.15, 0.2) is 10.9 Å². The molecule has 2 aliphatic rings. The van der Waals surface area contributed by atoms with Crippen LogP contribution in [0.2, 0.25) is 0 Å². The number of allylic oxidation sites excluding steroid dienone is 1. The van der Waals surface area contributed by atoms with Gasteiger partial charge in [0, 0.05) is 39.7 Å². The molecule has 0 amide bonds. The van der Waals surface area contributed by atoms with Crippen molar-refractivity contribution in [2.75, 3.05) is 5.32 Å². The van der Waals surface area contributed by atoms with Gasteiger partial charge in [0.25, 0.3) is 0 Å². The highest BCUT2D eigenvalue weighted by Gasteiger charge is 2.41. The molecule has 3 heterocycles. The van der Waals surface area contributed by atoms with Crippen molar-refractivity contribution in [1.82, 2.24) is 4.98 Å². The molecule has 182 valence electrons. The smallest absolute Gasteiger partial charge is 0.165 e. The van der Waals surface area contributed by atoms with E-state index in [0.29, 0.717) is 6.42 Å². The van der Waals surface area contributed by atoms with Crippen LogP contribution in [0, 0.1) is 5.41 Å². The number of fused-ring (bicyclic) bond motifs is 5. The number of nitrogens with one attached hydrogen (secondary N) is 1. The van der Waals surface area contributed by atoms with Gasteiger partial charge in [-0.25, -0.2) is 0 Å². The second kappa shape index (κ2) is 8.35. The fourth-order valence-corrected chi connectivity index (χ4v) is 6.77. The molecule has 1 N–H and O–H groups in total. The molecule has 37 heavy (non-hydrogen) atoms. The van der Waals surface area contributed by atoms with Gasteiger partial charge >= 0.3 is 0 Å². The Labute approximate surface area is 219 Å². The summed E-state index contributed by atoms with van der Waals surface area (Å²) in [5, 5.41) is 7.93. The molecule has 0 fully saturated rings. The molecule has 2 aromatic heterocycles. The molecule has 4 nitrogen and oxygen atoms in total. The standard InChI is InChI=1S/C32H26N2O2S/c1-32(2)17-22-28-21-10-4-3-7-19(21)12-13-23(28)34-31(29(22)24(35)18-32)25-14-15-27(36-25)37-26-11-5-8-20-9-6-16-33-30(20)26/h3-16,31,34H,17-18H2,1-2H3/t31-/m0/s1. The number of nitrogens with zero attached hydrogens (tertiary/aromatic N) is 1. The van der Waals surface area contributed by atoms with E-state index in [9.17, 15) is 4.79 Å². The molecular formula is C32H26N2O2S. The maximum absolute atomic E-state index is 13.7. The number of rotatable bonds is 3. The molecule has 0 unspecified atom stereocenters. The van der Waals surface area contributed by atoms with Crippen molar-refractivity contribution in [2.45, 2.75) is 42.7 Å². The van der Waals surface area contributed by atoms with E-state index in [1.54, 1.807) is 11.8 Å². The van der Waals surface area contributed by atoms with Crippen LogP contribution in [0.1, 0.15) is 44.1 Å². The second-order valence-corrected chi connectivity index (χ2v) is 11.8. The molecule has 0 radical (unpaired) electrons. The summed E-state index contributed by atoms with van der Waals surface area (Å²) in [6.07, 6.45) is 3.21. The summed E-state index contributed by atoms with van der Waals surface area (Å²) in [4.78, 5) is 19.3. The first kappa shape index (κ1) is 22.4. The van der Waals surface area contributed by atoms with Crippen LogP contribution < -0.4 is 5.32 Å². The van der Waals surface area contributed by atoms with Gasteiger partial charge in [0.2, 0.25) is 0 Å². The molecule has 1 atom stereocenters. The lowest BCUT2D eigenvalue weighted by atomic mass is 9.68. The predicted octanol–water partition coefficient (Wildman–Crippen LogP) is 8.44. The topological polar surface area (TPSA) is 55.1 Å². The monoisotopic (exact) mass is 502 g/mol. The summed E-state index contributed by atoms with van der Waals surface area (Å²) >= 11 is 1.56. The number of aromatic nitrogens is 1. The zero-order valence-electron chi connectivity index (χ0n) is 20.7. The highest BCUT2D eigenvalue weighted by molar-refractivity contribution is 7.99. The maximum atomic E-state index is 13.7. The number of ketones is 1. The average Bonchev–Trinajstić information content (AvgIpc) is 3.36. The van der Waals surface area contributed by atoms with Crippen LogP contribution in [0.15, 0.2) is 105 Å². The molecule has 0 saturated carbocycles. The Kier molecular flexibility index (Phi) is 5.05. The highest BCUT2D eigenvalue weighted by Crippen LogP contribution is 2.52. The number of carbonyl (C=O) groups excluding carboxylic acids is 1. The van der Waals surface area contributed by atoms with Gasteiger partial charge < -0.3 is 9.73 Å². The fourth-order valence-electron chi connectivity index (χ4n) is 5.86. The minimum Gasteiger partial charge on any atom is -0.452 e. The Morgan fingerprint density at radius 3 is 2.68 bits per heavy atom. The molecule has 1 aliphatic heterocycles. The third-order valence-corrected chi connectivity index (χ3v) is 8.40. The Balaban J connectivity index is 1.33. The lowest BCUT2D eigenvalue weighted by Gasteiger charge is -2.39. The average molecular weight is 503 g/mol. The zero-order chi connectivity index (χ0) is 25.1. The maximum Gasteiger partial charge on any atom is 0.165 e. The van der Waals surface area contributed by atoms with Crippen molar-refractivity contribution in [3.05, 3.63) is 102 Å². The lowest BCUT2D eigenvalue weighted by Crippen LogP contribution is -2.33. The number of Topliss-reactive ketones (excluding diaryl/α,β-unsaturated/α-hetero) is 1. The van der Waals surface area contributed by atoms with Crippen LogP contribution in [-0.4, -0.2) is 10.8 Å². The molecule has 5 heteroatoms. The van der Waals surface area contributed by atoms with Gasteiger partial charge in [0.05, 0.1) is 5.52 Å². The third-order valence-electron chi connectivity index (χ3n) is 7.43. The molecule has 0 saturated heterocycles. The minimum atomic E-state index is -0.313. The van der Waals surface area contributed by atoms with Crippen molar-refractivity contribution in [1.29, 1.82) is 0 Å². The first-order chi connectivity index (χ1) is 18.0. The summed E-state index contributed by atoms with van der Waals surface area (Å²) in [5.41, 5.74) is 5.09. The Bertz CT molecular complexity index is 1740. The third kappa shape index (κ3) is 3.77. The second-order valence-electron chi connectivity index (χ2n) is 10.7. The van der Waals surface area contributed by atoms with Crippen LogP contribution in [0.5, 0.6) is 0 Å². The van der Waals surface area contributed by atoms with E-state index >= 15 is 0 Å². The first-order valence-electron chi connectivity index (χ1n) is 12.6. The van der Waals surface area contributed by atoms with E-state index < -0.39 is 0 Å². The SMILES string of the molecule is CC1(C)CC(=O)C2=C(C1)c1c(ccc3ccccc13)N[C@H]2c1ccc(Sc2cccc3cccnc23)o1. The number of hydrogen-bond acceptors (Lipinski definition) is 5. The van der Waals surface area contributed by atoms with Gasteiger partial charge in [-0.05, 0) is 70.3 Å². The van der Waals surface area contributed by atoms with Crippen molar-refractivity contribution in [3.63, 3.8) is 0 Å². The molecule has 3 aromatic carbocycles. The Morgan fingerprint density at radius 2 is 1.76 bits per heavy atom. The predicted molar refractivity (Wildman–Crippen MR) is 150 cm³/mol. The molecule has 0 bridgehead atoms. The van der Waals surface area contributed by atoms with Crippen LogP contribution in [-0.2, 0) is 4.79 Å². The van der Waals surface area contributed by atoms with Crippen molar-refractivity contribution >= 4 is 50.5 Å². The van der Waals surface area contributed by atoms with Crippen LogP contribution in [0.25, 0.3) is 27.2 Å². The Morgan fingerprint density at radius 1 is 0.919 bits per heavy atom. The minimum absolute atomic E-state index is 0.0858. The molecular weight excluding hydrogens is 476 g/mol. The van der Waals surface area contributed by atoms with Crippen LogP contribution in [0.4, 0.5) is 5.69 Å². The number of furan rings is 1. The highest BCUT2D eigenvalue weighted by atomic mass is 32.2. The number of benzene rings is 3. The van der Waals surface area contributed by atoms with E-state index in [2.05, 4.69) is 78.7 Å². The number of pyridine rings is 1. The van der Waals surface area contributed by atoms with Gasteiger partial charge in [-0.2, -0.15) is 0 Å². The van der Waals surface area contributed by atoms with E-state index in [1.165, 1.54) is 10.8 Å². The van der Waals surface area contributed by atoms with Gasteiger partial charge in [-0.3, -0.25) is 9.78 Å². The normalized spacial score (nSPS) is 18.5. The molecule has 0 spiro atoms. The van der Waals surface area contributed by atoms with Crippen molar-refractivity contribution < 1.29 is 9.21 Å².